The molecule has 1 aromatic heterocycles. The number of piperazine rings is 1. The lowest BCUT2D eigenvalue weighted by molar-refractivity contribution is 0.242. The fourth-order valence-electron chi connectivity index (χ4n) is 4.09. The van der Waals surface area contributed by atoms with E-state index in [1.165, 1.54) is 18.3 Å². The molecule has 0 radical (unpaired) electrons. The van der Waals surface area contributed by atoms with Gasteiger partial charge in [-0.1, -0.05) is 24.3 Å². The summed E-state index contributed by atoms with van der Waals surface area (Å²) in [5, 5.41) is 0. The molecule has 1 saturated heterocycles. The number of nitrogens with two attached hydrogens (primary N) is 1. The third-order valence-electron chi connectivity index (χ3n) is 5.95. The molecule has 3 aromatic rings. The lowest BCUT2D eigenvalue weighted by Gasteiger charge is -2.35. The Bertz CT molecular complexity index is 1280. The topological polar surface area (TPSA) is 120 Å². The van der Waals surface area contributed by atoms with E-state index in [2.05, 4.69) is 14.9 Å². The molecule has 0 amide bonds. The van der Waals surface area contributed by atoms with Crippen molar-refractivity contribution in [3.05, 3.63) is 54.2 Å². The summed E-state index contributed by atoms with van der Waals surface area (Å²) in [5.74, 6) is 2.20. The SMILES string of the molecule is COc1ccc(CN2CCN(c3ncc(S(=O)(=O)c4ccccc4)c(N)n3)CC2)c(OC)c1OC. The van der Waals surface area contributed by atoms with Crippen LogP contribution in [0, 0.1) is 0 Å². The predicted molar refractivity (Wildman–Crippen MR) is 132 cm³/mol. The normalized spacial score (nSPS) is 14.5. The van der Waals surface area contributed by atoms with Gasteiger partial charge in [-0.25, -0.2) is 13.4 Å². The molecule has 0 bridgehead atoms. The average Bonchev–Trinajstić information content (AvgIpc) is 2.89. The number of nitrogens with zero attached hydrogens (tertiary/aromatic N) is 4. The first kappa shape index (κ1) is 24.6. The number of benzene rings is 2. The highest BCUT2D eigenvalue weighted by Gasteiger charge is 2.26. The summed E-state index contributed by atoms with van der Waals surface area (Å²) in [4.78, 5) is 13.0. The smallest absolute Gasteiger partial charge is 0.227 e. The van der Waals surface area contributed by atoms with Crippen molar-refractivity contribution in [2.24, 2.45) is 0 Å². The van der Waals surface area contributed by atoms with Crippen LogP contribution in [-0.2, 0) is 16.4 Å². The van der Waals surface area contributed by atoms with Crippen molar-refractivity contribution < 1.29 is 22.6 Å². The maximum atomic E-state index is 12.9. The molecule has 11 heteroatoms. The minimum Gasteiger partial charge on any atom is -0.493 e. The Morgan fingerprint density at radius 1 is 0.914 bits per heavy atom. The molecule has 1 aliphatic heterocycles. The van der Waals surface area contributed by atoms with E-state index in [1.54, 1.807) is 39.5 Å². The molecule has 35 heavy (non-hydrogen) atoms. The van der Waals surface area contributed by atoms with E-state index in [0.29, 0.717) is 42.8 Å². The summed E-state index contributed by atoms with van der Waals surface area (Å²) in [6.07, 6.45) is 1.29. The Morgan fingerprint density at radius 3 is 2.20 bits per heavy atom. The first-order valence-electron chi connectivity index (χ1n) is 11.1. The first-order valence-corrected chi connectivity index (χ1v) is 12.5. The molecule has 2 heterocycles. The molecular weight excluding hydrogens is 470 g/mol. The summed E-state index contributed by atoms with van der Waals surface area (Å²) in [7, 11) is 1.01. The van der Waals surface area contributed by atoms with Crippen molar-refractivity contribution in [1.29, 1.82) is 0 Å². The molecule has 2 N–H and O–H groups in total. The number of rotatable bonds is 8. The van der Waals surface area contributed by atoms with Crippen LogP contribution >= 0.6 is 0 Å². The van der Waals surface area contributed by atoms with E-state index in [1.807, 2.05) is 17.0 Å². The second kappa shape index (κ2) is 10.4. The van der Waals surface area contributed by atoms with E-state index >= 15 is 0 Å². The largest absolute Gasteiger partial charge is 0.493 e. The molecule has 0 unspecified atom stereocenters. The minimum atomic E-state index is -3.79. The zero-order valence-electron chi connectivity index (χ0n) is 20.0. The van der Waals surface area contributed by atoms with Gasteiger partial charge in [0.15, 0.2) is 11.5 Å². The molecule has 0 aliphatic carbocycles. The summed E-state index contributed by atoms with van der Waals surface area (Å²) in [6.45, 7) is 3.52. The van der Waals surface area contributed by atoms with Crippen LogP contribution in [0.15, 0.2) is 58.5 Å². The Hall–Kier alpha value is -3.57. The van der Waals surface area contributed by atoms with E-state index in [4.69, 9.17) is 19.9 Å². The molecule has 0 spiro atoms. The number of anilines is 2. The highest BCUT2D eigenvalue weighted by atomic mass is 32.2. The van der Waals surface area contributed by atoms with E-state index < -0.39 is 9.84 Å². The van der Waals surface area contributed by atoms with Gasteiger partial charge in [-0.3, -0.25) is 4.90 Å². The van der Waals surface area contributed by atoms with Gasteiger partial charge >= 0.3 is 0 Å². The number of ether oxygens (including phenoxy) is 3. The Labute approximate surface area is 205 Å². The zero-order valence-corrected chi connectivity index (χ0v) is 20.8. The molecule has 10 nitrogen and oxygen atoms in total. The minimum absolute atomic E-state index is 0.0589. The van der Waals surface area contributed by atoms with Gasteiger partial charge in [0.1, 0.15) is 10.7 Å². The van der Waals surface area contributed by atoms with Gasteiger partial charge in [-0.15, -0.1) is 0 Å². The van der Waals surface area contributed by atoms with Gasteiger partial charge in [-0.05, 0) is 18.2 Å². The van der Waals surface area contributed by atoms with Gasteiger partial charge in [0.2, 0.25) is 21.5 Å². The Kier molecular flexibility index (Phi) is 7.27. The number of hydrogen-bond donors (Lipinski definition) is 1. The third kappa shape index (κ3) is 4.96. The second-order valence-corrected chi connectivity index (χ2v) is 9.91. The summed E-state index contributed by atoms with van der Waals surface area (Å²) < 4.78 is 42.2. The molecular formula is C24H29N5O5S. The van der Waals surface area contributed by atoms with E-state index in [0.717, 1.165) is 18.7 Å². The molecule has 4 rings (SSSR count). The average molecular weight is 500 g/mol. The summed E-state index contributed by atoms with van der Waals surface area (Å²) >= 11 is 0. The molecule has 2 aromatic carbocycles. The molecule has 1 fully saturated rings. The monoisotopic (exact) mass is 499 g/mol. The molecule has 0 saturated carbocycles. The predicted octanol–water partition coefficient (Wildman–Crippen LogP) is 2.24. The van der Waals surface area contributed by atoms with Crippen LogP contribution in [-0.4, -0.2) is 70.8 Å². The highest BCUT2D eigenvalue weighted by molar-refractivity contribution is 7.91. The van der Waals surface area contributed by atoms with Crippen LogP contribution in [0.25, 0.3) is 0 Å². The van der Waals surface area contributed by atoms with Gasteiger partial charge < -0.3 is 24.8 Å². The highest BCUT2D eigenvalue weighted by Crippen LogP contribution is 2.40. The fourth-order valence-corrected chi connectivity index (χ4v) is 5.38. The Balaban J connectivity index is 1.45. The van der Waals surface area contributed by atoms with Crippen LogP contribution in [0.1, 0.15) is 5.56 Å². The quantitative estimate of drug-likeness (QED) is 0.494. The first-order chi connectivity index (χ1) is 16.9. The van der Waals surface area contributed by atoms with Crippen LogP contribution < -0.4 is 24.8 Å². The number of nitrogen functional groups attached to an aromatic ring is 1. The van der Waals surface area contributed by atoms with Crippen molar-refractivity contribution in [3.8, 4) is 17.2 Å². The lowest BCUT2D eigenvalue weighted by Crippen LogP contribution is -2.46. The molecule has 1 aliphatic rings. The van der Waals surface area contributed by atoms with Crippen molar-refractivity contribution >= 4 is 21.6 Å². The second-order valence-electron chi connectivity index (χ2n) is 7.99. The summed E-state index contributed by atoms with van der Waals surface area (Å²) in [5.41, 5.74) is 7.06. The van der Waals surface area contributed by atoms with Crippen LogP contribution in [0.2, 0.25) is 0 Å². The lowest BCUT2D eigenvalue weighted by atomic mass is 10.1. The van der Waals surface area contributed by atoms with Crippen molar-refractivity contribution in [2.45, 2.75) is 16.3 Å². The maximum absolute atomic E-state index is 12.9. The van der Waals surface area contributed by atoms with Crippen molar-refractivity contribution in [2.75, 3.05) is 58.1 Å². The van der Waals surface area contributed by atoms with Crippen LogP contribution in [0.5, 0.6) is 17.2 Å². The van der Waals surface area contributed by atoms with Gasteiger partial charge in [0.05, 0.1) is 32.4 Å². The number of aromatic nitrogens is 2. The molecule has 0 atom stereocenters. The number of methoxy groups -OCH3 is 3. The fraction of sp³-hybridized carbons (Fsp3) is 0.333. The molecule has 186 valence electrons. The van der Waals surface area contributed by atoms with Crippen molar-refractivity contribution in [1.82, 2.24) is 14.9 Å². The van der Waals surface area contributed by atoms with Crippen molar-refractivity contribution in [3.63, 3.8) is 0 Å². The van der Waals surface area contributed by atoms with Gasteiger partial charge in [-0.2, -0.15) is 4.98 Å². The van der Waals surface area contributed by atoms with Gasteiger partial charge in [0, 0.05) is 38.3 Å². The Morgan fingerprint density at radius 2 is 1.60 bits per heavy atom. The van der Waals surface area contributed by atoms with E-state index in [-0.39, 0.29) is 15.6 Å². The number of hydrogen-bond acceptors (Lipinski definition) is 10. The van der Waals surface area contributed by atoms with Gasteiger partial charge in [0.25, 0.3) is 0 Å². The van der Waals surface area contributed by atoms with Crippen LogP contribution in [0.4, 0.5) is 11.8 Å². The maximum Gasteiger partial charge on any atom is 0.227 e. The summed E-state index contributed by atoms with van der Waals surface area (Å²) in [6, 6.07) is 12.0. The van der Waals surface area contributed by atoms with Crippen LogP contribution in [0.3, 0.4) is 0 Å². The standard InChI is InChI=1S/C24H29N5O5S/c1-32-19-10-9-17(21(33-2)22(19)34-3)16-28-11-13-29(14-12-28)24-26-15-20(23(25)27-24)35(30,31)18-7-5-4-6-8-18/h4-10,15H,11-14,16H2,1-3H3,(H2,25,26,27). The van der Waals surface area contributed by atoms with E-state index in [9.17, 15) is 8.42 Å². The zero-order chi connectivity index (χ0) is 25.0. The number of sulfone groups is 1. The third-order valence-corrected chi connectivity index (χ3v) is 7.73.